The molecule has 2 aliphatic rings. The Morgan fingerprint density at radius 3 is 2.66 bits per heavy atom. The number of carbonyl (C=O) groups excluding carboxylic acids is 1. The average Bonchev–Trinajstić information content (AvgIpc) is 3.52. The van der Waals surface area contributed by atoms with E-state index in [9.17, 15) is 9.18 Å². The number of anilines is 1. The van der Waals surface area contributed by atoms with Crippen LogP contribution in [-0.4, -0.2) is 50.3 Å². The topological polar surface area (TPSA) is 54.0 Å². The lowest BCUT2D eigenvalue weighted by atomic mass is 10.0. The number of hydrogen-bond donors (Lipinski definition) is 1. The van der Waals surface area contributed by atoms with Gasteiger partial charge in [0.1, 0.15) is 5.82 Å². The number of hydrogen-bond acceptors (Lipinski definition) is 6. The summed E-state index contributed by atoms with van der Waals surface area (Å²) in [6.07, 6.45) is 0. The van der Waals surface area contributed by atoms with Gasteiger partial charge in [0, 0.05) is 43.7 Å². The molecule has 3 aromatic rings. The van der Waals surface area contributed by atoms with Crippen LogP contribution in [0.5, 0.6) is 11.5 Å². The molecule has 0 saturated carbocycles. The second kappa shape index (κ2) is 9.18. The van der Waals surface area contributed by atoms with Crippen LogP contribution in [0.1, 0.15) is 22.0 Å². The van der Waals surface area contributed by atoms with Gasteiger partial charge in [-0.25, -0.2) is 4.39 Å². The van der Waals surface area contributed by atoms with Crippen molar-refractivity contribution in [2.75, 3.05) is 44.4 Å². The number of halogens is 1. The predicted molar refractivity (Wildman–Crippen MR) is 122 cm³/mol. The highest BCUT2D eigenvalue weighted by Crippen LogP contribution is 2.36. The third-order valence-corrected chi connectivity index (χ3v) is 6.65. The smallest absolute Gasteiger partial charge is 0.252 e. The fourth-order valence-corrected chi connectivity index (χ4v) is 4.88. The van der Waals surface area contributed by atoms with Gasteiger partial charge in [0.15, 0.2) is 11.5 Å². The van der Waals surface area contributed by atoms with E-state index in [-0.39, 0.29) is 24.6 Å². The van der Waals surface area contributed by atoms with Crippen LogP contribution < -0.4 is 19.7 Å². The molecule has 0 spiro atoms. The minimum atomic E-state index is -0.198. The molecule has 1 fully saturated rings. The third-order valence-electron chi connectivity index (χ3n) is 5.97. The summed E-state index contributed by atoms with van der Waals surface area (Å²) in [4.78, 5) is 17.0. The van der Waals surface area contributed by atoms with E-state index in [0.29, 0.717) is 30.9 Å². The first-order valence-corrected chi connectivity index (χ1v) is 11.6. The highest BCUT2D eigenvalue weighted by molar-refractivity contribution is 7.08. The molecule has 5 rings (SSSR count). The molecule has 8 heteroatoms. The Labute approximate surface area is 190 Å². The van der Waals surface area contributed by atoms with Crippen molar-refractivity contribution in [1.29, 1.82) is 0 Å². The molecule has 0 bridgehead atoms. The molecule has 1 aromatic heterocycles. The van der Waals surface area contributed by atoms with Crippen molar-refractivity contribution in [2.24, 2.45) is 0 Å². The lowest BCUT2D eigenvalue weighted by Gasteiger charge is -2.40. The molecule has 1 saturated heterocycles. The van der Waals surface area contributed by atoms with Gasteiger partial charge in [0.25, 0.3) is 5.91 Å². The molecule has 6 nitrogen and oxygen atoms in total. The molecule has 166 valence electrons. The summed E-state index contributed by atoms with van der Waals surface area (Å²) in [7, 11) is 0. The third kappa shape index (κ3) is 4.28. The zero-order valence-corrected chi connectivity index (χ0v) is 18.3. The summed E-state index contributed by atoms with van der Waals surface area (Å²) < 4.78 is 25.3. The van der Waals surface area contributed by atoms with Crippen LogP contribution in [-0.2, 0) is 0 Å². The molecule has 0 aliphatic carbocycles. The van der Waals surface area contributed by atoms with Gasteiger partial charge in [0.2, 0.25) is 6.79 Å². The normalized spacial score (nSPS) is 16.7. The van der Waals surface area contributed by atoms with E-state index in [1.165, 1.54) is 17.4 Å². The number of piperazine rings is 1. The van der Waals surface area contributed by atoms with E-state index in [2.05, 4.69) is 15.1 Å². The maximum absolute atomic E-state index is 14.2. The van der Waals surface area contributed by atoms with Crippen molar-refractivity contribution >= 4 is 22.9 Å². The van der Waals surface area contributed by atoms with Crippen molar-refractivity contribution in [3.05, 3.63) is 76.2 Å². The van der Waals surface area contributed by atoms with Crippen molar-refractivity contribution in [3.63, 3.8) is 0 Å². The number of fused-ring (bicyclic) bond motifs is 1. The summed E-state index contributed by atoms with van der Waals surface area (Å²) >= 11 is 1.50. The molecule has 3 heterocycles. The number of rotatable bonds is 6. The molecule has 2 aliphatic heterocycles. The molecular weight excluding hydrogens is 429 g/mol. The van der Waals surface area contributed by atoms with Gasteiger partial charge in [-0.05, 0) is 41.3 Å². The van der Waals surface area contributed by atoms with Gasteiger partial charge in [-0.2, -0.15) is 11.3 Å². The van der Waals surface area contributed by atoms with Gasteiger partial charge >= 0.3 is 0 Å². The SMILES string of the molecule is O=C(NCC(c1ccc2c(c1)OCO2)N1CCN(c2ccccc2F)CC1)c1ccsc1. The van der Waals surface area contributed by atoms with Gasteiger partial charge < -0.3 is 19.7 Å². The molecule has 0 radical (unpaired) electrons. The molecule has 1 atom stereocenters. The number of ether oxygens (including phenoxy) is 2. The Kier molecular flexibility index (Phi) is 5.96. The summed E-state index contributed by atoms with van der Waals surface area (Å²) in [5.74, 6) is 1.18. The van der Waals surface area contributed by atoms with Crippen LogP contribution in [0, 0.1) is 5.82 Å². The molecule has 1 N–H and O–H groups in total. The maximum atomic E-state index is 14.2. The number of benzene rings is 2. The summed E-state index contributed by atoms with van der Waals surface area (Å²) in [6.45, 7) is 3.61. The van der Waals surface area contributed by atoms with Crippen LogP contribution in [0.25, 0.3) is 0 Å². The largest absolute Gasteiger partial charge is 0.454 e. The first kappa shape index (κ1) is 20.8. The van der Waals surface area contributed by atoms with E-state index in [0.717, 1.165) is 30.2 Å². The van der Waals surface area contributed by atoms with Crippen LogP contribution in [0.15, 0.2) is 59.3 Å². The number of amides is 1. The molecule has 1 unspecified atom stereocenters. The van der Waals surface area contributed by atoms with E-state index in [1.54, 1.807) is 6.07 Å². The Morgan fingerprint density at radius 2 is 1.88 bits per heavy atom. The zero-order valence-electron chi connectivity index (χ0n) is 17.5. The summed E-state index contributed by atoms with van der Waals surface area (Å²) in [5.41, 5.74) is 2.36. The Morgan fingerprint density at radius 1 is 1.06 bits per heavy atom. The quantitative estimate of drug-likeness (QED) is 0.613. The minimum Gasteiger partial charge on any atom is -0.454 e. The van der Waals surface area contributed by atoms with Crippen LogP contribution in [0.3, 0.4) is 0 Å². The monoisotopic (exact) mass is 453 g/mol. The number of nitrogens with one attached hydrogen (secondary N) is 1. The van der Waals surface area contributed by atoms with Crippen LogP contribution in [0.4, 0.5) is 10.1 Å². The molecular formula is C24H24FN3O3S. The summed E-state index contributed by atoms with van der Waals surface area (Å²) in [5, 5.41) is 6.82. The fraction of sp³-hybridized carbons (Fsp3) is 0.292. The number of para-hydroxylation sites is 1. The second-order valence-electron chi connectivity index (χ2n) is 7.82. The Bertz CT molecular complexity index is 1080. The van der Waals surface area contributed by atoms with Gasteiger partial charge in [-0.1, -0.05) is 18.2 Å². The predicted octanol–water partition coefficient (Wildman–Crippen LogP) is 3.91. The lowest BCUT2D eigenvalue weighted by molar-refractivity contribution is 0.0930. The summed E-state index contributed by atoms with van der Waals surface area (Å²) in [6, 6.07) is 14.6. The number of nitrogens with zero attached hydrogens (tertiary/aromatic N) is 2. The van der Waals surface area contributed by atoms with Crippen molar-refractivity contribution in [1.82, 2.24) is 10.2 Å². The van der Waals surface area contributed by atoms with Gasteiger partial charge in [0.05, 0.1) is 11.7 Å². The van der Waals surface area contributed by atoms with Gasteiger partial charge in [-0.15, -0.1) is 0 Å². The van der Waals surface area contributed by atoms with E-state index in [4.69, 9.17) is 9.47 Å². The lowest BCUT2D eigenvalue weighted by Crippen LogP contribution is -2.50. The first-order chi connectivity index (χ1) is 15.7. The minimum absolute atomic E-state index is 0.0325. The molecule has 1 amide bonds. The number of thiophene rings is 1. The van der Waals surface area contributed by atoms with E-state index < -0.39 is 0 Å². The van der Waals surface area contributed by atoms with Crippen molar-refractivity contribution in [2.45, 2.75) is 6.04 Å². The molecule has 2 aromatic carbocycles. The standard InChI is InChI=1S/C24H24FN3O3S/c25-19-3-1-2-4-20(19)27-8-10-28(11-9-27)21(14-26-24(29)18-7-12-32-15-18)17-5-6-22-23(13-17)31-16-30-22/h1-7,12-13,15,21H,8-11,14,16H2,(H,26,29). The number of carbonyl (C=O) groups is 1. The first-order valence-electron chi connectivity index (χ1n) is 10.6. The van der Waals surface area contributed by atoms with Gasteiger partial charge in [-0.3, -0.25) is 9.69 Å². The average molecular weight is 454 g/mol. The second-order valence-corrected chi connectivity index (χ2v) is 8.61. The van der Waals surface area contributed by atoms with E-state index in [1.807, 2.05) is 47.2 Å². The van der Waals surface area contributed by atoms with Crippen LogP contribution in [0.2, 0.25) is 0 Å². The van der Waals surface area contributed by atoms with Crippen LogP contribution >= 0.6 is 11.3 Å². The van der Waals surface area contributed by atoms with Crippen molar-refractivity contribution < 1.29 is 18.7 Å². The maximum Gasteiger partial charge on any atom is 0.252 e. The van der Waals surface area contributed by atoms with Crippen molar-refractivity contribution in [3.8, 4) is 11.5 Å². The Hall–Kier alpha value is -3.10. The highest BCUT2D eigenvalue weighted by atomic mass is 32.1. The zero-order chi connectivity index (χ0) is 21.9. The highest BCUT2D eigenvalue weighted by Gasteiger charge is 2.28. The van der Waals surface area contributed by atoms with E-state index >= 15 is 0 Å². The fourth-order valence-electron chi connectivity index (χ4n) is 4.25. The Balaban J connectivity index is 1.33. The molecule has 32 heavy (non-hydrogen) atoms.